The monoisotopic (exact) mass is 660 g/mol. The van der Waals surface area contributed by atoms with E-state index < -0.39 is 12.1 Å². The van der Waals surface area contributed by atoms with Crippen molar-refractivity contribution in [2.45, 2.75) is 102 Å². The summed E-state index contributed by atoms with van der Waals surface area (Å²) in [5, 5.41) is 19.9. The molecule has 0 radical (unpaired) electrons. The Labute approximate surface area is 264 Å². The number of ether oxygens (including phenoxy) is 1. The number of benzene rings is 2. The number of alkyl halides is 2. The van der Waals surface area contributed by atoms with Gasteiger partial charge in [0.05, 0.1) is 10.0 Å². The van der Waals surface area contributed by atoms with Gasteiger partial charge >= 0.3 is 12.1 Å². The largest absolute Gasteiger partial charge is 0.508 e. The zero-order chi connectivity index (χ0) is 30.2. The van der Waals surface area contributed by atoms with Crippen molar-refractivity contribution in [1.82, 2.24) is 9.80 Å². The lowest BCUT2D eigenvalue weighted by Gasteiger charge is -2.36. The summed E-state index contributed by atoms with van der Waals surface area (Å²) < 4.78 is 30.4. The Morgan fingerprint density at radius 2 is 1.26 bits per heavy atom. The Kier molecular flexibility index (Phi) is 10.1. The highest BCUT2D eigenvalue weighted by molar-refractivity contribution is 8.00. The standard InChI is InChI=1S/C16H18ClF2NO3S.C14H18ClNOS/c1-20-9-2-3-10(20)7-12(6-9)24-14-5-4-11(8-13(14)17)23-16(18,19)15(21)22;1-16-9-2-3-10(16)7-12(6-9)18-14-5-4-11(17)8-13(14)15/h4-5,8-10,12H,2-3,6-7H2,1H3,(H,21,22);4-5,8-10,12,17H,2-3,6-7H2,1H3/t2*9-,10+,12?. The van der Waals surface area contributed by atoms with Crippen molar-refractivity contribution in [2.75, 3.05) is 14.1 Å². The lowest BCUT2D eigenvalue weighted by Crippen LogP contribution is -2.40. The topological polar surface area (TPSA) is 73.2 Å². The van der Waals surface area contributed by atoms with Crippen LogP contribution in [-0.4, -0.2) is 80.9 Å². The molecule has 2 unspecified atom stereocenters. The summed E-state index contributed by atoms with van der Waals surface area (Å²) >= 11 is 15.9. The van der Waals surface area contributed by atoms with Crippen LogP contribution in [0.15, 0.2) is 46.2 Å². The Balaban J connectivity index is 0.000000175. The number of carboxylic acid groups (broad SMARTS) is 1. The summed E-state index contributed by atoms with van der Waals surface area (Å²) in [7, 11) is 4.43. The summed E-state index contributed by atoms with van der Waals surface area (Å²) in [4.78, 5) is 17.3. The maximum Gasteiger partial charge on any atom is 0.501 e. The number of carbonyl (C=O) groups is 1. The second-order valence-corrected chi connectivity index (χ2v) is 15.2. The second kappa shape index (κ2) is 13.3. The third kappa shape index (κ3) is 7.44. The van der Waals surface area contributed by atoms with Crippen molar-refractivity contribution in [3.05, 3.63) is 46.4 Å². The number of phenolic OH excluding ortho intramolecular Hbond substituents is 1. The van der Waals surface area contributed by atoms with Crippen LogP contribution in [0, 0.1) is 0 Å². The molecule has 6 rings (SSSR count). The van der Waals surface area contributed by atoms with E-state index in [4.69, 9.17) is 28.3 Å². The van der Waals surface area contributed by atoms with E-state index in [9.17, 15) is 18.7 Å². The number of aliphatic carboxylic acids is 1. The fourth-order valence-electron chi connectivity index (χ4n) is 6.69. The molecule has 0 aliphatic carbocycles. The number of carboxylic acids is 1. The van der Waals surface area contributed by atoms with Gasteiger partial charge in [0.25, 0.3) is 0 Å². The van der Waals surface area contributed by atoms with E-state index in [1.807, 2.05) is 17.8 Å². The molecule has 6 atom stereocenters. The van der Waals surface area contributed by atoms with Crippen molar-refractivity contribution in [3.63, 3.8) is 0 Å². The average molecular weight is 662 g/mol. The minimum absolute atomic E-state index is 0.243. The lowest BCUT2D eigenvalue weighted by molar-refractivity contribution is -0.210. The Morgan fingerprint density at radius 3 is 1.67 bits per heavy atom. The van der Waals surface area contributed by atoms with Crippen molar-refractivity contribution in [2.24, 2.45) is 0 Å². The van der Waals surface area contributed by atoms with Crippen LogP contribution < -0.4 is 4.74 Å². The lowest BCUT2D eigenvalue weighted by atomic mass is 10.0. The van der Waals surface area contributed by atoms with E-state index in [1.165, 1.54) is 50.7 Å². The van der Waals surface area contributed by atoms with Gasteiger partial charge in [0.15, 0.2) is 0 Å². The summed E-state index contributed by atoms with van der Waals surface area (Å²) in [5.41, 5.74) is 0. The van der Waals surface area contributed by atoms with Gasteiger partial charge in [-0.2, -0.15) is 8.78 Å². The molecule has 12 heteroatoms. The van der Waals surface area contributed by atoms with Crippen LogP contribution in [0.2, 0.25) is 10.0 Å². The normalized spacial score (nSPS) is 29.2. The minimum atomic E-state index is -4.27. The SMILES string of the molecule is CN1[C@@H]2CC[C@H]1CC(Sc1ccc(O)cc1Cl)C2.CN1[C@@H]2CC[C@H]1CC(Sc1ccc(OC(F)(F)C(=O)O)cc1Cl)C2. The highest BCUT2D eigenvalue weighted by Crippen LogP contribution is 2.45. The van der Waals surface area contributed by atoms with E-state index in [-0.39, 0.29) is 11.5 Å². The number of halogens is 4. The molecule has 2 aromatic carbocycles. The maximum absolute atomic E-state index is 13.1. The van der Waals surface area contributed by atoms with Crippen LogP contribution in [0.1, 0.15) is 51.4 Å². The fraction of sp³-hybridized carbons (Fsp3) is 0.567. The second-order valence-electron chi connectivity index (χ2n) is 11.7. The van der Waals surface area contributed by atoms with Gasteiger partial charge in [-0.05, 0) is 95.8 Å². The zero-order valence-corrected chi connectivity index (χ0v) is 26.7. The number of rotatable bonds is 7. The molecule has 4 heterocycles. The average Bonchev–Trinajstić information content (AvgIpc) is 3.25. The fourth-order valence-corrected chi connectivity index (χ4v) is 9.93. The molecule has 6 nitrogen and oxygen atoms in total. The molecule has 4 aliphatic heterocycles. The third-order valence-electron chi connectivity index (χ3n) is 9.01. The molecular weight excluding hydrogens is 625 g/mol. The van der Waals surface area contributed by atoms with E-state index >= 15 is 0 Å². The molecule has 0 aromatic heterocycles. The number of nitrogens with zero attached hydrogens (tertiary/aromatic N) is 2. The first-order chi connectivity index (χ1) is 19.9. The maximum atomic E-state index is 13.1. The summed E-state index contributed by atoms with van der Waals surface area (Å²) in [6, 6.07) is 12.2. The van der Waals surface area contributed by atoms with Crippen LogP contribution in [0.4, 0.5) is 8.78 Å². The number of hydrogen-bond acceptors (Lipinski definition) is 7. The zero-order valence-electron chi connectivity index (χ0n) is 23.5. The first kappa shape index (κ1) is 32.0. The number of phenols is 1. The highest BCUT2D eigenvalue weighted by Gasteiger charge is 2.43. The van der Waals surface area contributed by atoms with Gasteiger partial charge in [-0.3, -0.25) is 0 Å². The number of fused-ring (bicyclic) bond motifs is 4. The van der Waals surface area contributed by atoms with Crippen LogP contribution in [0.25, 0.3) is 0 Å². The van der Waals surface area contributed by atoms with Crippen LogP contribution in [0.5, 0.6) is 11.5 Å². The first-order valence-electron chi connectivity index (χ1n) is 14.2. The van der Waals surface area contributed by atoms with Crippen molar-refractivity contribution < 1.29 is 28.5 Å². The quantitative estimate of drug-likeness (QED) is 0.311. The predicted octanol–water partition coefficient (Wildman–Crippen LogP) is 7.88. The summed E-state index contributed by atoms with van der Waals surface area (Å²) in [5.74, 6) is -2.35. The van der Waals surface area contributed by atoms with Gasteiger partial charge in [-0.25, -0.2) is 4.79 Å². The van der Waals surface area contributed by atoms with Crippen LogP contribution in [-0.2, 0) is 4.79 Å². The molecule has 0 amide bonds. The summed E-state index contributed by atoms with van der Waals surface area (Å²) in [6.45, 7) is 0. The molecule has 2 N–H and O–H groups in total. The minimum Gasteiger partial charge on any atom is -0.508 e. The van der Waals surface area contributed by atoms with E-state index in [2.05, 4.69) is 28.6 Å². The molecule has 4 bridgehead atoms. The van der Waals surface area contributed by atoms with Gasteiger partial charge in [0.1, 0.15) is 11.5 Å². The van der Waals surface area contributed by atoms with E-state index in [0.717, 1.165) is 34.7 Å². The smallest absolute Gasteiger partial charge is 0.501 e. The number of aromatic hydroxyl groups is 1. The Morgan fingerprint density at radius 1 is 0.833 bits per heavy atom. The highest BCUT2D eigenvalue weighted by atomic mass is 35.5. The van der Waals surface area contributed by atoms with E-state index in [0.29, 0.717) is 32.6 Å². The molecule has 2 aromatic rings. The van der Waals surface area contributed by atoms with Gasteiger partial charge in [0.2, 0.25) is 0 Å². The Hall–Kier alpha value is -1.43. The van der Waals surface area contributed by atoms with Crippen LogP contribution in [0.3, 0.4) is 0 Å². The van der Waals surface area contributed by atoms with Gasteiger partial charge < -0.3 is 24.7 Å². The molecule has 0 saturated carbocycles. The van der Waals surface area contributed by atoms with Crippen molar-refractivity contribution in [1.29, 1.82) is 0 Å². The molecule has 4 saturated heterocycles. The molecule has 230 valence electrons. The van der Waals surface area contributed by atoms with Crippen molar-refractivity contribution >= 4 is 52.7 Å². The number of hydrogen-bond donors (Lipinski definition) is 2. The summed E-state index contributed by atoms with van der Waals surface area (Å²) in [6.07, 6.45) is 5.57. The van der Waals surface area contributed by atoms with E-state index in [1.54, 1.807) is 30.0 Å². The van der Waals surface area contributed by atoms with Crippen molar-refractivity contribution in [3.8, 4) is 11.5 Å². The molecular formula is C30H36Cl2F2N2O4S2. The predicted molar refractivity (Wildman–Crippen MR) is 165 cm³/mol. The van der Waals surface area contributed by atoms with Gasteiger partial charge in [-0.15, -0.1) is 23.5 Å². The van der Waals surface area contributed by atoms with Crippen LogP contribution >= 0.6 is 46.7 Å². The molecule has 4 aliphatic rings. The van der Waals surface area contributed by atoms with Gasteiger partial charge in [0, 0.05) is 50.5 Å². The molecule has 0 spiro atoms. The first-order valence-corrected chi connectivity index (χ1v) is 16.8. The van der Waals surface area contributed by atoms with Gasteiger partial charge in [-0.1, -0.05) is 23.2 Å². The number of piperidine rings is 2. The number of thioether (sulfide) groups is 2. The molecule has 42 heavy (non-hydrogen) atoms. The molecule has 4 fully saturated rings. The third-order valence-corrected chi connectivity index (χ3v) is 12.5. The Bertz CT molecular complexity index is 1260.